The molecule has 0 saturated heterocycles. The standard InChI is InChI=1S/C18H20N2OS/c1-5-18(21)19(4)16-12-17(22-13-16)14-8-10-15(11-9-14)20(6-2)7-3/h1,8-13H,6-7H2,2-4H3. The molecule has 22 heavy (non-hydrogen) atoms. The van der Waals surface area contributed by atoms with Gasteiger partial charge in [0.05, 0.1) is 5.69 Å². The van der Waals surface area contributed by atoms with Gasteiger partial charge < -0.3 is 9.80 Å². The summed E-state index contributed by atoms with van der Waals surface area (Å²) < 4.78 is 0. The Morgan fingerprint density at radius 2 is 1.82 bits per heavy atom. The summed E-state index contributed by atoms with van der Waals surface area (Å²) in [6.07, 6.45) is 5.16. The molecule has 4 heteroatoms. The molecule has 1 aromatic carbocycles. The predicted octanol–water partition coefficient (Wildman–Crippen LogP) is 3.86. The summed E-state index contributed by atoms with van der Waals surface area (Å²) in [5.41, 5.74) is 3.20. The van der Waals surface area contributed by atoms with E-state index < -0.39 is 0 Å². The highest BCUT2D eigenvalue weighted by Crippen LogP contribution is 2.32. The van der Waals surface area contributed by atoms with Gasteiger partial charge in [0.1, 0.15) is 0 Å². The summed E-state index contributed by atoms with van der Waals surface area (Å²) >= 11 is 1.61. The topological polar surface area (TPSA) is 23.6 Å². The molecular weight excluding hydrogens is 292 g/mol. The minimum Gasteiger partial charge on any atom is -0.372 e. The minimum atomic E-state index is -0.332. The number of amides is 1. The van der Waals surface area contributed by atoms with Crippen LogP contribution in [-0.4, -0.2) is 26.0 Å². The molecule has 114 valence electrons. The quantitative estimate of drug-likeness (QED) is 0.783. The summed E-state index contributed by atoms with van der Waals surface area (Å²) in [6.45, 7) is 6.30. The van der Waals surface area contributed by atoms with Gasteiger partial charge in [-0.1, -0.05) is 12.1 Å². The normalized spacial score (nSPS) is 10.1. The lowest BCUT2D eigenvalue weighted by atomic mass is 10.1. The van der Waals surface area contributed by atoms with Gasteiger partial charge >= 0.3 is 5.91 Å². The second-order valence-electron chi connectivity index (χ2n) is 4.90. The molecule has 0 aliphatic heterocycles. The zero-order valence-corrected chi connectivity index (χ0v) is 14.0. The fourth-order valence-electron chi connectivity index (χ4n) is 2.29. The van der Waals surface area contributed by atoms with Crippen LogP contribution < -0.4 is 9.80 Å². The van der Waals surface area contributed by atoms with Gasteiger partial charge in [-0.15, -0.1) is 17.8 Å². The molecule has 0 aliphatic rings. The zero-order valence-electron chi connectivity index (χ0n) is 13.2. The molecule has 0 spiro atoms. The first-order valence-electron chi connectivity index (χ1n) is 7.28. The Morgan fingerprint density at radius 3 is 2.36 bits per heavy atom. The lowest BCUT2D eigenvalue weighted by Crippen LogP contribution is -2.23. The van der Waals surface area contributed by atoms with Crippen LogP contribution in [0.25, 0.3) is 10.4 Å². The number of terminal acetylenes is 1. The highest BCUT2D eigenvalue weighted by atomic mass is 32.1. The van der Waals surface area contributed by atoms with Gasteiger partial charge in [-0.05, 0) is 43.5 Å². The lowest BCUT2D eigenvalue weighted by molar-refractivity contribution is -0.113. The molecule has 0 aliphatic carbocycles. The van der Waals surface area contributed by atoms with Gasteiger partial charge in [-0.2, -0.15) is 0 Å². The number of benzene rings is 1. The lowest BCUT2D eigenvalue weighted by Gasteiger charge is -2.21. The van der Waals surface area contributed by atoms with E-state index >= 15 is 0 Å². The summed E-state index contributed by atoms with van der Waals surface area (Å²) in [4.78, 5) is 16.5. The molecule has 0 saturated carbocycles. The molecule has 2 rings (SSSR count). The van der Waals surface area contributed by atoms with Crippen molar-refractivity contribution in [1.29, 1.82) is 0 Å². The zero-order chi connectivity index (χ0) is 16.1. The number of hydrogen-bond acceptors (Lipinski definition) is 3. The second-order valence-corrected chi connectivity index (χ2v) is 5.81. The Balaban J connectivity index is 2.21. The number of thiophene rings is 1. The van der Waals surface area contributed by atoms with Gasteiger partial charge in [-0.25, -0.2) is 0 Å². The minimum absolute atomic E-state index is 0.332. The Kier molecular flexibility index (Phi) is 5.24. The maximum atomic E-state index is 11.5. The molecule has 3 nitrogen and oxygen atoms in total. The first kappa shape index (κ1) is 16.1. The highest BCUT2D eigenvalue weighted by molar-refractivity contribution is 7.14. The van der Waals surface area contributed by atoms with Crippen molar-refractivity contribution in [2.45, 2.75) is 13.8 Å². The third-order valence-corrected chi connectivity index (χ3v) is 4.65. The van der Waals surface area contributed by atoms with Gasteiger partial charge in [0, 0.05) is 36.1 Å². The smallest absolute Gasteiger partial charge is 0.302 e. The molecule has 0 N–H and O–H groups in total. The van der Waals surface area contributed by atoms with Crippen LogP contribution in [0.5, 0.6) is 0 Å². The third kappa shape index (κ3) is 3.32. The Morgan fingerprint density at radius 1 is 1.18 bits per heavy atom. The average molecular weight is 312 g/mol. The van der Waals surface area contributed by atoms with E-state index in [2.05, 4.69) is 48.9 Å². The Hall–Kier alpha value is -2.25. The van der Waals surface area contributed by atoms with Gasteiger partial charge in [-0.3, -0.25) is 4.79 Å². The maximum absolute atomic E-state index is 11.5. The number of anilines is 2. The van der Waals surface area contributed by atoms with Gasteiger partial charge in [0.15, 0.2) is 0 Å². The highest BCUT2D eigenvalue weighted by Gasteiger charge is 2.11. The molecule has 0 unspecified atom stereocenters. The first-order valence-corrected chi connectivity index (χ1v) is 8.16. The van der Waals surface area contributed by atoms with Crippen LogP contribution in [0.3, 0.4) is 0 Å². The number of hydrogen-bond donors (Lipinski definition) is 0. The summed E-state index contributed by atoms with van der Waals surface area (Å²) in [7, 11) is 1.69. The van der Waals surface area contributed by atoms with Crippen molar-refractivity contribution in [3.05, 3.63) is 35.7 Å². The first-order chi connectivity index (χ1) is 10.6. The Labute approximate surface area is 136 Å². The van der Waals surface area contributed by atoms with E-state index in [4.69, 9.17) is 6.42 Å². The van der Waals surface area contributed by atoms with Crippen molar-refractivity contribution >= 4 is 28.6 Å². The molecular formula is C18H20N2OS. The van der Waals surface area contributed by atoms with E-state index in [0.29, 0.717) is 0 Å². The molecule has 0 atom stereocenters. The largest absolute Gasteiger partial charge is 0.372 e. The van der Waals surface area contributed by atoms with E-state index in [9.17, 15) is 4.79 Å². The average Bonchev–Trinajstić information content (AvgIpc) is 3.05. The van der Waals surface area contributed by atoms with Crippen molar-refractivity contribution in [1.82, 2.24) is 0 Å². The van der Waals surface area contributed by atoms with Crippen molar-refractivity contribution in [2.75, 3.05) is 29.9 Å². The van der Waals surface area contributed by atoms with Crippen LogP contribution in [0.1, 0.15) is 13.8 Å². The van der Waals surface area contributed by atoms with E-state index in [1.54, 1.807) is 18.4 Å². The van der Waals surface area contributed by atoms with E-state index in [-0.39, 0.29) is 5.91 Å². The van der Waals surface area contributed by atoms with Crippen LogP contribution in [0.4, 0.5) is 11.4 Å². The number of carbonyl (C=O) groups excluding carboxylic acids is 1. The van der Waals surface area contributed by atoms with Crippen LogP contribution >= 0.6 is 11.3 Å². The second kappa shape index (κ2) is 7.15. The summed E-state index contributed by atoms with van der Waals surface area (Å²) in [5.74, 6) is 1.80. The maximum Gasteiger partial charge on any atom is 0.302 e. The monoisotopic (exact) mass is 312 g/mol. The molecule has 1 aromatic heterocycles. The number of carbonyl (C=O) groups is 1. The van der Waals surface area contributed by atoms with Crippen LogP contribution in [0, 0.1) is 12.3 Å². The van der Waals surface area contributed by atoms with Gasteiger partial charge in [0.25, 0.3) is 0 Å². The van der Waals surface area contributed by atoms with Crippen LogP contribution in [-0.2, 0) is 4.79 Å². The SMILES string of the molecule is C#CC(=O)N(C)c1csc(-c2ccc(N(CC)CC)cc2)c1. The molecule has 0 bridgehead atoms. The summed E-state index contributed by atoms with van der Waals surface area (Å²) in [6, 6.07) is 10.5. The van der Waals surface area contributed by atoms with E-state index in [1.165, 1.54) is 10.6 Å². The van der Waals surface area contributed by atoms with Crippen molar-refractivity contribution < 1.29 is 4.79 Å². The van der Waals surface area contributed by atoms with Crippen molar-refractivity contribution in [2.24, 2.45) is 0 Å². The predicted molar refractivity (Wildman–Crippen MR) is 95.6 cm³/mol. The van der Waals surface area contributed by atoms with Crippen LogP contribution in [0.2, 0.25) is 0 Å². The fraction of sp³-hybridized carbons (Fsp3) is 0.278. The third-order valence-electron chi connectivity index (χ3n) is 3.68. The number of nitrogens with zero attached hydrogens (tertiary/aromatic N) is 2. The van der Waals surface area contributed by atoms with E-state index in [0.717, 1.165) is 29.2 Å². The molecule has 0 fully saturated rings. The van der Waals surface area contributed by atoms with Crippen molar-refractivity contribution in [3.63, 3.8) is 0 Å². The Bertz CT molecular complexity index is 678. The number of rotatable bonds is 5. The molecule has 0 radical (unpaired) electrons. The molecule has 1 heterocycles. The fourth-order valence-corrected chi connectivity index (χ4v) is 3.23. The van der Waals surface area contributed by atoms with E-state index in [1.807, 2.05) is 11.4 Å². The van der Waals surface area contributed by atoms with Crippen molar-refractivity contribution in [3.8, 4) is 22.8 Å². The molecule has 1 amide bonds. The van der Waals surface area contributed by atoms with Crippen LogP contribution in [0.15, 0.2) is 35.7 Å². The summed E-state index contributed by atoms with van der Waals surface area (Å²) in [5, 5.41) is 1.95. The van der Waals surface area contributed by atoms with Gasteiger partial charge in [0.2, 0.25) is 0 Å². The molecule has 2 aromatic rings.